The van der Waals surface area contributed by atoms with Crippen molar-refractivity contribution in [3.05, 3.63) is 121 Å². The molecule has 5 aromatic rings. The maximum absolute atomic E-state index is 13.4. The summed E-state index contributed by atoms with van der Waals surface area (Å²) in [6, 6.07) is 39.7. The van der Waals surface area contributed by atoms with Gasteiger partial charge >= 0.3 is 0 Å². The highest BCUT2D eigenvalue weighted by Crippen LogP contribution is 2.33. The van der Waals surface area contributed by atoms with Crippen molar-refractivity contribution in [2.45, 2.75) is 5.16 Å². The zero-order chi connectivity index (χ0) is 23.2. The number of anilines is 2. The first-order valence-corrected chi connectivity index (χ1v) is 12.0. The highest BCUT2D eigenvalue weighted by molar-refractivity contribution is 7.99. The fourth-order valence-electron chi connectivity index (χ4n) is 3.82. The van der Waals surface area contributed by atoms with E-state index >= 15 is 0 Å². The number of rotatable bonds is 7. The lowest BCUT2D eigenvalue weighted by atomic mass is 10.1. The zero-order valence-electron chi connectivity index (χ0n) is 18.5. The van der Waals surface area contributed by atoms with Crippen LogP contribution in [0, 0.1) is 0 Å². The molecule has 34 heavy (non-hydrogen) atoms. The molecule has 0 aliphatic heterocycles. The van der Waals surface area contributed by atoms with E-state index < -0.39 is 0 Å². The third kappa shape index (κ3) is 4.80. The smallest absolute Gasteiger partial charge is 0.242 e. The van der Waals surface area contributed by atoms with Crippen molar-refractivity contribution in [1.29, 1.82) is 0 Å². The number of para-hydroxylation sites is 2. The lowest BCUT2D eigenvalue weighted by Gasteiger charge is -2.22. The fraction of sp³-hybridized carbons (Fsp3) is 0.0345. The molecule has 0 aliphatic rings. The van der Waals surface area contributed by atoms with Crippen LogP contribution in [0.5, 0.6) is 0 Å². The van der Waals surface area contributed by atoms with Crippen LogP contribution in [0.25, 0.3) is 22.5 Å². The average Bonchev–Trinajstić information content (AvgIpc) is 3.34. The minimum atomic E-state index is -0.0127. The van der Waals surface area contributed by atoms with Crippen molar-refractivity contribution in [3.8, 4) is 22.5 Å². The highest BCUT2D eigenvalue weighted by atomic mass is 32.2. The van der Waals surface area contributed by atoms with Crippen molar-refractivity contribution in [2.24, 2.45) is 0 Å². The van der Waals surface area contributed by atoms with Gasteiger partial charge in [0.05, 0.1) is 17.1 Å². The number of imidazole rings is 1. The van der Waals surface area contributed by atoms with E-state index in [0.717, 1.165) is 33.9 Å². The third-order valence-corrected chi connectivity index (χ3v) is 6.26. The summed E-state index contributed by atoms with van der Waals surface area (Å²) in [7, 11) is 0. The molecule has 1 N–H and O–H groups in total. The second-order valence-corrected chi connectivity index (χ2v) is 8.65. The van der Waals surface area contributed by atoms with Gasteiger partial charge in [-0.05, 0) is 24.3 Å². The predicted molar refractivity (Wildman–Crippen MR) is 140 cm³/mol. The third-order valence-electron chi connectivity index (χ3n) is 5.40. The second kappa shape index (κ2) is 10.2. The topological polar surface area (TPSA) is 49.0 Å². The molecule has 5 heteroatoms. The largest absolute Gasteiger partial charge is 0.332 e. The Morgan fingerprint density at radius 3 is 1.68 bits per heavy atom. The van der Waals surface area contributed by atoms with Gasteiger partial charge in [0.1, 0.15) is 0 Å². The molecule has 1 amide bonds. The molecule has 0 spiro atoms. The minimum absolute atomic E-state index is 0.0127. The number of aromatic amines is 1. The van der Waals surface area contributed by atoms with Crippen molar-refractivity contribution in [2.75, 3.05) is 10.7 Å². The van der Waals surface area contributed by atoms with E-state index in [1.54, 1.807) is 4.90 Å². The normalized spacial score (nSPS) is 10.7. The molecule has 1 heterocycles. The number of thioether (sulfide) groups is 1. The van der Waals surface area contributed by atoms with Crippen LogP contribution >= 0.6 is 11.8 Å². The molecular weight excluding hydrogens is 438 g/mol. The van der Waals surface area contributed by atoms with Crippen LogP contribution < -0.4 is 4.90 Å². The predicted octanol–water partition coefficient (Wildman–Crippen LogP) is 7.20. The summed E-state index contributed by atoms with van der Waals surface area (Å²) in [5.74, 6) is 0.237. The van der Waals surface area contributed by atoms with E-state index in [9.17, 15) is 4.79 Å². The summed E-state index contributed by atoms with van der Waals surface area (Å²) in [5.41, 5.74) is 5.60. The number of amides is 1. The zero-order valence-corrected chi connectivity index (χ0v) is 19.3. The number of benzene rings is 4. The van der Waals surface area contributed by atoms with Gasteiger partial charge in [0.15, 0.2) is 5.16 Å². The van der Waals surface area contributed by atoms with Gasteiger partial charge in [0.2, 0.25) is 5.91 Å². The maximum atomic E-state index is 13.4. The Balaban J connectivity index is 1.43. The summed E-state index contributed by atoms with van der Waals surface area (Å²) in [6.07, 6.45) is 0. The Bertz CT molecular complexity index is 1260. The summed E-state index contributed by atoms with van der Waals surface area (Å²) >= 11 is 1.41. The van der Waals surface area contributed by atoms with Gasteiger partial charge in [0, 0.05) is 22.5 Å². The van der Waals surface area contributed by atoms with Crippen LogP contribution in [0.1, 0.15) is 0 Å². The lowest BCUT2D eigenvalue weighted by Crippen LogP contribution is -2.27. The Hall–Kier alpha value is -4.09. The van der Waals surface area contributed by atoms with Crippen LogP contribution in [-0.2, 0) is 4.79 Å². The molecule has 1 aromatic heterocycles. The van der Waals surface area contributed by atoms with E-state index in [0.29, 0.717) is 5.16 Å². The van der Waals surface area contributed by atoms with Crippen LogP contribution in [-0.4, -0.2) is 21.6 Å². The molecule has 0 bridgehead atoms. The molecule has 166 valence electrons. The number of aromatic nitrogens is 2. The summed E-state index contributed by atoms with van der Waals surface area (Å²) in [4.78, 5) is 23.5. The summed E-state index contributed by atoms with van der Waals surface area (Å²) in [5, 5.41) is 0.715. The molecule has 0 atom stereocenters. The number of carbonyl (C=O) groups excluding carboxylic acids is 1. The number of nitrogens with one attached hydrogen (secondary N) is 1. The molecular formula is C29H23N3OS. The quantitative estimate of drug-likeness (QED) is 0.261. The molecule has 0 saturated carbocycles. The lowest BCUT2D eigenvalue weighted by molar-refractivity contribution is -0.115. The number of hydrogen-bond acceptors (Lipinski definition) is 3. The van der Waals surface area contributed by atoms with Crippen LogP contribution in [0.15, 0.2) is 126 Å². The first kappa shape index (κ1) is 21.7. The first-order valence-electron chi connectivity index (χ1n) is 11.1. The van der Waals surface area contributed by atoms with E-state index in [1.165, 1.54) is 11.8 Å². The summed E-state index contributed by atoms with van der Waals surface area (Å²) in [6.45, 7) is 0. The number of nitrogens with zero attached hydrogens (tertiary/aromatic N) is 2. The number of H-pyrrole nitrogens is 1. The van der Waals surface area contributed by atoms with E-state index in [2.05, 4.69) is 29.2 Å². The molecule has 4 aromatic carbocycles. The van der Waals surface area contributed by atoms with Gasteiger partial charge in [-0.2, -0.15) is 0 Å². The van der Waals surface area contributed by atoms with Gasteiger partial charge in [-0.3, -0.25) is 9.69 Å². The van der Waals surface area contributed by atoms with Crippen molar-refractivity contribution >= 4 is 29.0 Å². The fourth-order valence-corrected chi connectivity index (χ4v) is 4.54. The minimum Gasteiger partial charge on any atom is -0.332 e. The summed E-state index contributed by atoms with van der Waals surface area (Å²) < 4.78 is 0. The standard InChI is InChI=1S/C29H23N3OS/c33-26(32(24-17-9-3-10-18-24)25-19-11-4-12-20-25)21-34-29-30-27(22-13-5-1-6-14-22)28(31-29)23-15-7-2-8-16-23/h1-20H,21H2,(H,30,31). The van der Waals surface area contributed by atoms with Gasteiger partial charge in [-0.15, -0.1) is 0 Å². The Morgan fingerprint density at radius 2 is 1.15 bits per heavy atom. The highest BCUT2D eigenvalue weighted by Gasteiger charge is 2.20. The van der Waals surface area contributed by atoms with Gasteiger partial charge in [-0.1, -0.05) is 109 Å². The molecule has 0 radical (unpaired) electrons. The molecule has 5 rings (SSSR count). The Kier molecular flexibility index (Phi) is 6.54. The number of carbonyl (C=O) groups is 1. The van der Waals surface area contributed by atoms with Gasteiger partial charge < -0.3 is 4.98 Å². The van der Waals surface area contributed by atoms with E-state index in [-0.39, 0.29) is 11.7 Å². The van der Waals surface area contributed by atoms with Crippen molar-refractivity contribution in [1.82, 2.24) is 9.97 Å². The maximum Gasteiger partial charge on any atom is 0.242 e. The van der Waals surface area contributed by atoms with E-state index in [1.807, 2.05) is 97.1 Å². The number of hydrogen-bond donors (Lipinski definition) is 1. The van der Waals surface area contributed by atoms with Gasteiger partial charge in [-0.25, -0.2) is 4.98 Å². The SMILES string of the molecule is O=C(CSc1nc(-c2ccccc2)c(-c2ccccc2)[nH]1)N(c1ccccc1)c1ccccc1. The molecule has 0 aliphatic carbocycles. The Labute approximate surface area is 203 Å². The van der Waals surface area contributed by atoms with E-state index in [4.69, 9.17) is 4.98 Å². The van der Waals surface area contributed by atoms with Crippen LogP contribution in [0.3, 0.4) is 0 Å². The monoisotopic (exact) mass is 461 g/mol. The van der Waals surface area contributed by atoms with Gasteiger partial charge in [0.25, 0.3) is 0 Å². The second-order valence-electron chi connectivity index (χ2n) is 7.69. The van der Waals surface area contributed by atoms with Crippen LogP contribution in [0.4, 0.5) is 11.4 Å². The molecule has 0 fully saturated rings. The van der Waals surface area contributed by atoms with Crippen molar-refractivity contribution in [3.63, 3.8) is 0 Å². The first-order chi connectivity index (χ1) is 16.8. The van der Waals surface area contributed by atoms with Crippen LogP contribution in [0.2, 0.25) is 0 Å². The molecule has 0 saturated heterocycles. The van der Waals surface area contributed by atoms with Crippen molar-refractivity contribution < 1.29 is 4.79 Å². The molecule has 0 unspecified atom stereocenters. The Morgan fingerprint density at radius 1 is 0.676 bits per heavy atom. The molecule has 4 nitrogen and oxygen atoms in total. The average molecular weight is 462 g/mol.